The van der Waals surface area contributed by atoms with Gasteiger partial charge in [0.15, 0.2) is 0 Å². The first kappa shape index (κ1) is 33.9. The molecule has 0 aromatic carbocycles. The summed E-state index contributed by atoms with van der Waals surface area (Å²) in [6.07, 6.45) is 4.19. The van der Waals surface area contributed by atoms with Crippen molar-refractivity contribution < 1.29 is 44.5 Å². The number of nitrogens with one attached hydrogen (secondary N) is 4. The van der Waals surface area contributed by atoms with E-state index in [2.05, 4.69) is 21.3 Å². The van der Waals surface area contributed by atoms with Crippen LogP contribution in [0.25, 0.3) is 0 Å². The molecule has 12 nitrogen and oxygen atoms in total. The van der Waals surface area contributed by atoms with Crippen molar-refractivity contribution in [1.29, 1.82) is 0 Å². The molecule has 1 aliphatic rings. The van der Waals surface area contributed by atoms with Gasteiger partial charge in [-0.1, -0.05) is 6.42 Å². The van der Waals surface area contributed by atoms with Gasteiger partial charge < -0.3 is 47.7 Å². The van der Waals surface area contributed by atoms with E-state index in [0.29, 0.717) is 78.0 Å². The summed E-state index contributed by atoms with van der Waals surface area (Å²) >= 11 is 0. The van der Waals surface area contributed by atoms with E-state index in [9.17, 15) is 24.4 Å². The molecule has 1 radical (unpaired) electrons. The maximum absolute atomic E-state index is 12.2. The minimum absolute atomic E-state index is 0. The number of hydrogen-bond donors (Lipinski definition) is 8. The Hall–Kier alpha value is -1.12. The fourth-order valence-corrected chi connectivity index (χ4v) is 3.96. The first-order valence-corrected chi connectivity index (χ1v) is 12.4. The first-order valence-electron chi connectivity index (χ1n) is 12.4. The maximum Gasteiger partial charge on any atom is 0.475 e. The van der Waals surface area contributed by atoms with Gasteiger partial charge in [0.2, 0.25) is 17.7 Å². The van der Waals surface area contributed by atoms with Crippen LogP contribution in [-0.4, -0.2) is 105 Å². The molecule has 0 unspecified atom stereocenters. The van der Waals surface area contributed by atoms with Gasteiger partial charge in [0.05, 0.1) is 12.5 Å². The summed E-state index contributed by atoms with van der Waals surface area (Å²) in [5, 5.41) is 30.7. The van der Waals surface area contributed by atoms with E-state index in [0.717, 1.165) is 19.3 Å². The summed E-state index contributed by atoms with van der Waals surface area (Å²) in [5.41, 5.74) is 11.0. The number of unbranched alkanes of at least 4 members (excludes halogenated alkanes) is 2. The quantitative estimate of drug-likeness (QED) is 0.0573. The van der Waals surface area contributed by atoms with E-state index in [-0.39, 0.29) is 50.3 Å². The van der Waals surface area contributed by atoms with Gasteiger partial charge in [-0.2, -0.15) is 0 Å². The normalized spacial score (nSPS) is 15.1. The van der Waals surface area contributed by atoms with Gasteiger partial charge >= 0.3 is 7.12 Å². The molecule has 0 bridgehead atoms. The summed E-state index contributed by atoms with van der Waals surface area (Å²) < 4.78 is 0. The number of nitrogens with zero attached hydrogens (tertiary/aromatic N) is 1. The fraction of sp³-hybridized carbons (Fsp3) is 0.857. The standard InChI is InChI=1S/C21H44BN7O5.Tc/c23-7-10-25-14-17(15-26-11-8-24)13-20(31)27-9-3-1-2-6-19(30)28-16-21(32)29-12-4-5-18(29)22(33)34;/h17-18,25-26,33-34H,1-16,23-24H2,(H,27,31)(H,28,30);/t18-;/m0./s1/i;1+1. The fourth-order valence-electron chi connectivity index (χ4n) is 3.96. The Labute approximate surface area is 222 Å². The van der Waals surface area contributed by atoms with Gasteiger partial charge in [-0.3, -0.25) is 14.4 Å². The molecule has 1 heterocycles. The smallest absolute Gasteiger partial charge is 0.426 e. The topological polar surface area (TPSA) is 195 Å². The Balaban J connectivity index is 0.0000116. The van der Waals surface area contributed by atoms with E-state index >= 15 is 0 Å². The second-order valence-corrected chi connectivity index (χ2v) is 8.70. The van der Waals surface area contributed by atoms with Gasteiger partial charge in [0.1, 0.15) is 0 Å². The average molecular weight is 584 g/mol. The number of rotatable bonds is 19. The minimum atomic E-state index is -1.56. The third kappa shape index (κ3) is 15.6. The van der Waals surface area contributed by atoms with Crippen LogP contribution in [0.4, 0.5) is 0 Å². The van der Waals surface area contributed by atoms with Crippen LogP contribution in [0.1, 0.15) is 44.9 Å². The molecule has 1 fully saturated rings. The molecular weight excluding hydrogens is 540 g/mol. The third-order valence-electron chi connectivity index (χ3n) is 5.79. The van der Waals surface area contributed by atoms with Crippen molar-refractivity contribution >= 4 is 24.8 Å². The molecule has 35 heavy (non-hydrogen) atoms. The molecule has 0 saturated carbocycles. The summed E-state index contributed by atoms with van der Waals surface area (Å²) in [4.78, 5) is 37.8. The molecule has 0 aromatic heterocycles. The Morgan fingerprint density at radius 3 is 2.20 bits per heavy atom. The van der Waals surface area contributed by atoms with Crippen LogP contribution in [0, 0.1) is 5.92 Å². The molecule has 0 aliphatic carbocycles. The van der Waals surface area contributed by atoms with Crippen LogP contribution in [0.2, 0.25) is 0 Å². The monoisotopic (exact) mass is 584 g/mol. The summed E-state index contributed by atoms with van der Waals surface area (Å²) in [7, 11) is -1.56. The predicted molar refractivity (Wildman–Crippen MR) is 131 cm³/mol. The molecule has 1 aliphatic heterocycles. The minimum Gasteiger partial charge on any atom is -0.426 e. The molecule has 0 spiro atoms. The SMILES string of the molecule is NCCNCC(CNCCN)CC(=O)NCCCCCC(=O)NCC(=O)N1CCC[C@H]1B(O)O.[99Tc]. The molecule has 203 valence electrons. The number of hydrogen-bond acceptors (Lipinski definition) is 9. The van der Waals surface area contributed by atoms with E-state index in [1.807, 2.05) is 0 Å². The van der Waals surface area contributed by atoms with Crippen molar-refractivity contribution in [2.45, 2.75) is 50.9 Å². The van der Waals surface area contributed by atoms with Gasteiger partial charge in [0.25, 0.3) is 0 Å². The van der Waals surface area contributed by atoms with Crippen molar-refractivity contribution in [3.63, 3.8) is 0 Å². The summed E-state index contributed by atoms with van der Waals surface area (Å²) in [6, 6.07) is 0. The van der Waals surface area contributed by atoms with Crippen LogP contribution in [0.15, 0.2) is 0 Å². The van der Waals surface area contributed by atoms with Crippen LogP contribution >= 0.6 is 0 Å². The molecule has 14 heteroatoms. The number of amides is 3. The van der Waals surface area contributed by atoms with Crippen molar-refractivity contribution in [3.8, 4) is 0 Å². The second kappa shape index (κ2) is 21.0. The number of carbonyl (C=O) groups is 3. The van der Waals surface area contributed by atoms with E-state index < -0.39 is 13.1 Å². The largest absolute Gasteiger partial charge is 0.475 e. The zero-order valence-electron chi connectivity index (χ0n) is 20.6. The number of nitrogens with two attached hydrogens (primary N) is 2. The van der Waals surface area contributed by atoms with Crippen LogP contribution < -0.4 is 32.7 Å². The Bertz CT molecular complexity index is 596. The van der Waals surface area contributed by atoms with Crippen LogP contribution in [-0.2, 0) is 34.5 Å². The van der Waals surface area contributed by atoms with Crippen LogP contribution in [0.5, 0.6) is 0 Å². The first-order chi connectivity index (χ1) is 16.4. The van der Waals surface area contributed by atoms with Gasteiger partial charge in [0, 0.05) is 72.2 Å². The number of carbonyl (C=O) groups excluding carboxylic acids is 3. The molecule has 10 N–H and O–H groups in total. The van der Waals surface area contributed by atoms with E-state index in [1.165, 1.54) is 4.90 Å². The van der Waals surface area contributed by atoms with Gasteiger partial charge in [-0.25, -0.2) is 0 Å². The Kier molecular flexibility index (Phi) is 20.3. The molecule has 0 aromatic rings. The zero-order valence-corrected chi connectivity index (χ0v) is 22.5. The molecular formula is C21H44BN7O5Tc. The van der Waals surface area contributed by atoms with Crippen LogP contribution in [0.3, 0.4) is 0 Å². The average Bonchev–Trinajstić information content (AvgIpc) is 3.30. The zero-order chi connectivity index (χ0) is 25.2. The van der Waals surface area contributed by atoms with Crippen molar-refractivity contribution in [2.24, 2.45) is 17.4 Å². The van der Waals surface area contributed by atoms with E-state index in [1.54, 1.807) is 0 Å². The molecule has 1 saturated heterocycles. The summed E-state index contributed by atoms with van der Waals surface area (Å²) in [6.45, 7) is 4.82. The maximum atomic E-state index is 12.2. The number of likely N-dealkylation sites (tertiary alicyclic amines) is 1. The Morgan fingerprint density at radius 1 is 0.943 bits per heavy atom. The molecule has 1 rings (SSSR count). The van der Waals surface area contributed by atoms with Crippen molar-refractivity contribution in [1.82, 2.24) is 26.2 Å². The second-order valence-electron chi connectivity index (χ2n) is 8.70. The molecule has 3 amide bonds. The van der Waals surface area contributed by atoms with Crippen molar-refractivity contribution in [3.05, 3.63) is 0 Å². The van der Waals surface area contributed by atoms with Crippen molar-refractivity contribution in [2.75, 3.05) is 58.9 Å². The van der Waals surface area contributed by atoms with Gasteiger partial charge in [-0.05, 0) is 44.7 Å². The summed E-state index contributed by atoms with van der Waals surface area (Å²) in [5.74, 6) is -0.962. The molecule has 1 atom stereocenters. The van der Waals surface area contributed by atoms with E-state index in [4.69, 9.17) is 11.5 Å². The van der Waals surface area contributed by atoms with Gasteiger partial charge in [-0.15, -0.1) is 0 Å². The Morgan fingerprint density at radius 2 is 1.60 bits per heavy atom. The predicted octanol–water partition coefficient (Wildman–Crippen LogP) is -3.12. The third-order valence-corrected chi connectivity index (χ3v) is 5.79.